The molecule has 0 aromatic heterocycles. The largest absolute Gasteiger partial charge is 0.396 e. The Bertz CT molecular complexity index is 405. The Morgan fingerprint density at radius 1 is 1.39 bits per heavy atom. The minimum Gasteiger partial charge on any atom is -0.396 e. The maximum absolute atomic E-state index is 10.5. The standard InChI is InChI=1S/C13H18N2O3/c16-8-6-12-5-7-14(10-12)9-11-1-3-13(4-2-11)15(17)18/h1-4,12,16H,5-10H2. The van der Waals surface area contributed by atoms with Crippen LogP contribution in [0.1, 0.15) is 18.4 Å². The number of hydrogen-bond donors (Lipinski definition) is 1. The lowest BCUT2D eigenvalue weighted by molar-refractivity contribution is -0.384. The van der Waals surface area contributed by atoms with Gasteiger partial charge >= 0.3 is 0 Å². The summed E-state index contributed by atoms with van der Waals surface area (Å²) in [4.78, 5) is 12.5. The summed E-state index contributed by atoms with van der Waals surface area (Å²) < 4.78 is 0. The van der Waals surface area contributed by atoms with E-state index < -0.39 is 0 Å². The van der Waals surface area contributed by atoms with Crippen molar-refractivity contribution < 1.29 is 10.0 Å². The summed E-state index contributed by atoms with van der Waals surface area (Å²) in [6.07, 6.45) is 2.00. The lowest BCUT2D eigenvalue weighted by Gasteiger charge is -2.15. The predicted octanol–water partition coefficient (Wildman–Crippen LogP) is 1.80. The molecule has 5 heteroatoms. The van der Waals surface area contributed by atoms with E-state index in [0.717, 1.165) is 38.0 Å². The van der Waals surface area contributed by atoms with E-state index in [1.54, 1.807) is 12.1 Å². The number of rotatable bonds is 5. The van der Waals surface area contributed by atoms with Crippen LogP contribution in [0, 0.1) is 16.0 Å². The van der Waals surface area contributed by atoms with Gasteiger partial charge in [-0.2, -0.15) is 0 Å². The van der Waals surface area contributed by atoms with Gasteiger partial charge in [-0.3, -0.25) is 15.0 Å². The molecule has 1 heterocycles. The van der Waals surface area contributed by atoms with E-state index in [1.807, 2.05) is 12.1 Å². The van der Waals surface area contributed by atoms with Crippen LogP contribution in [0.15, 0.2) is 24.3 Å². The summed E-state index contributed by atoms with van der Waals surface area (Å²) in [5, 5.41) is 19.4. The Hall–Kier alpha value is -1.46. The van der Waals surface area contributed by atoms with Gasteiger partial charge in [-0.05, 0) is 30.9 Å². The molecule has 1 unspecified atom stereocenters. The van der Waals surface area contributed by atoms with Gasteiger partial charge in [0.25, 0.3) is 5.69 Å². The van der Waals surface area contributed by atoms with Crippen molar-refractivity contribution >= 4 is 5.69 Å². The molecule has 0 radical (unpaired) electrons. The van der Waals surface area contributed by atoms with E-state index in [0.29, 0.717) is 5.92 Å². The topological polar surface area (TPSA) is 66.6 Å². The van der Waals surface area contributed by atoms with Crippen molar-refractivity contribution in [1.82, 2.24) is 4.90 Å². The van der Waals surface area contributed by atoms with Crippen molar-refractivity contribution in [2.75, 3.05) is 19.7 Å². The molecule has 1 N–H and O–H groups in total. The number of nitro groups is 1. The first kappa shape index (κ1) is 13.0. The van der Waals surface area contributed by atoms with Crippen LogP contribution in [0.3, 0.4) is 0 Å². The summed E-state index contributed by atoms with van der Waals surface area (Å²) in [6, 6.07) is 6.74. The van der Waals surface area contributed by atoms with Crippen molar-refractivity contribution in [3.8, 4) is 0 Å². The first-order valence-electron chi connectivity index (χ1n) is 6.25. The SMILES string of the molecule is O=[N+]([O-])c1ccc(CN2CCC(CCO)C2)cc1. The van der Waals surface area contributed by atoms with Crippen LogP contribution in [0.2, 0.25) is 0 Å². The average molecular weight is 250 g/mol. The molecule has 0 saturated carbocycles. The van der Waals surface area contributed by atoms with Crippen molar-refractivity contribution in [3.63, 3.8) is 0 Å². The third kappa shape index (κ3) is 3.27. The molecule has 18 heavy (non-hydrogen) atoms. The van der Waals surface area contributed by atoms with Crippen LogP contribution in [-0.4, -0.2) is 34.6 Å². The quantitative estimate of drug-likeness (QED) is 0.639. The minimum atomic E-state index is -0.378. The van der Waals surface area contributed by atoms with Crippen LogP contribution in [0.4, 0.5) is 5.69 Å². The van der Waals surface area contributed by atoms with E-state index in [9.17, 15) is 10.1 Å². The first-order chi connectivity index (χ1) is 8.69. The number of hydrogen-bond acceptors (Lipinski definition) is 4. The summed E-state index contributed by atoms with van der Waals surface area (Å²) in [5.41, 5.74) is 1.24. The molecule has 1 saturated heterocycles. The first-order valence-corrected chi connectivity index (χ1v) is 6.25. The second kappa shape index (κ2) is 5.93. The van der Waals surface area contributed by atoms with Gasteiger partial charge in [0.15, 0.2) is 0 Å². The third-order valence-electron chi connectivity index (χ3n) is 3.46. The molecule has 0 amide bonds. The minimum absolute atomic E-state index is 0.137. The molecule has 1 aliphatic rings. The second-order valence-corrected chi connectivity index (χ2v) is 4.83. The molecule has 1 aromatic carbocycles. The van der Waals surface area contributed by atoms with Crippen molar-refractivity contribution in [1.29, 1.82) is 0 Å². The molecule has 0 spiro atoms. The number of nitro benzene ring substituents is 1. The number of aliphatic hydroxyl groups excluding tert-OH is 1. The summed E-state index contributed by atoms with van der Waals surface area (Å²) >= 11 is 0. The maximum Gasteiger partial charge on any atom is 0.269 e. The zero-order valence-electron chi connectivity index (χ0n) is 10.3. The highest BCUT2D eigenvalue weighted by molar-refractivity contribution is 5.32. The van der Waals surface area contributed by atoms with Crippen molar-refractivity contribution in [2.24, 2.45) is 5.92 Å². The summed E-state index contributed by atoms with van der Waals surface area (Å²) in [7, 11) is 0. The molecule has 1 atom stereocenters. The van der Waals surface area contributed by atoms with Gasteiger partial charge in [0.2, 0.25) is 0 Å². The smallest absolute Gasteiger partial charge is 0.269 e. The number of non-ortho nitro benzene ring substituents is 1. The Morgan fingerprint density at radius 3 is 2.72 bits per heavy atom. The van der Waals surface area contributed by atoms with Crippen molar-refractivity contribution in [3.05, 3.63) is 39.9 Å². The van der Waals surface area contributed by atoms with E-state index >= 15 is 0 Å². The van der Waals surface area contributed by atoms with Gasteiger partial charge in [0.05, 0.1) is 4.92 Å². The fourth-order valence-electron chi connectivity index (χ4n) is 2.46. The monoisotopic (exact) mass is 250 g/mol. The fourth-order valence-corrected chi connectivity index (χ4v) is 2.46. The molecule has 1 aromatic rings. The molecule has 5 nitrogen and oxygen atoms in total. The molecule has 0 bridgehead atoms. The Kier molecular flexibility index (Phi) is 4.28. The highest BCUT2D eigenvalue weighted by Crippen LogP contribution is 2.21. The maximum atomic E-state index is 10.5. The molecule has 1 aliphatic heterocycles. The third-order valence-corrected chi connectivity index (χ3v) is 3.46. The van der Waals surface area contributed by atoms with Crippen LogP contribution in [0.5, 0.6) is 0 Å². The van der Waals surface area contributed by atoms with Crippen LogP contribution in [0.25, 0.3) is 0 Å². The number of likely N-dealkylation sites (tertiary alicyclic amines) is 1. The molecule has 2 rings (SSSR count). The highest BCUT2D eigenvalue weighted by Gasteiger charge is 2.21. The lowest BCUT2D eigenvalue weighted by atomic mass is 10.1. The van der Waals surface area contributed by atoms with Crippen LogP contribution < -0.4 is 0 Å². The average Bonchev–Trinajstić information content (AvgIpc) is 2.78. The van der Waals surface area contributed by atoms with Crippen LogP contribution >= 0.6 is 0 Å². The van der Waals surface area contributed by atoms with Crippen LogP contribution in [-0.2, 0) is 6.54 Å². The molecule has 0 aliphatic carbocycles. The van der Waals surface area contributed by atoms with Gasteiger partial charge in [-0.15, -0.1) is 0 Å². The summed E-state index contributed by atoms with van der Waals surface area (Å²) in [6.45, 7) is 3.15. The van der Waals surface area contributed by atoms with E-state index in [-0.39, 0.29) is 17.2 Å². The van der Waals surface area contributed by atoms with Crippen molar-refractivity contribution in [2.45, 2.75) is 19.4 Å². The van der Waals surface area contributed by atoms with Gasteiger partial charge in [-0.1, -0.05) is 12.1 Å². The number of nitrogens with zero attached hydrogens (tertiary/aromatic N) is 2. The Labute approximate surface area is 106 Å². The molecular formula is C13H18N2O3. The van der Waals surface area contributed by atoms with E-state index in [1.165, 1.54) is 0 Å². The zero-order valence-corrected chi connectivity index (χ0v) is 10.3. The molecule has 98 valence electrons. The second-order valence-electron chi connectivity index (χ2n) is 4.83. The van der Waals surface area contributed by atoms with Gasteiger partial charge in [-0.25, -0.2) is 0 Å². The molecule has 1 fully saturated rings. The zero-order chi connectivity index (χ0) is 13.0. The Morgan fingerprint density at radius 2 is 2.11 bits per heavy atom. The number of benzene rings is 1. The highest BCUT2D eigenvalue weighted by atomic mass is 16.6. The summed E-state index contributed by atoms with van der Waals surface area (Å²) in [5.74, 6) is 0.591. The van der Waals surface area contributed by atoms with E-state index in [4.69, 9.17) is 5.11 Å². The fraction of sp³-hybridized carbons (Fsp3) is 0.538. The lowest BCUT2D eigenvalue weighted by Crippen LogP contribution is -2.20. The van der Waals surface area contributed by atoms with Gasteiger partial charge < -0.3 is 5.11 Å². The molecular weight excluding hydrogens is 232 g/mol. The van der Waals surface area contributed by atoms with E-state index in [2.05, 4.69) is 4.90 Å². The predicted molar refractivity (Wildman–Crippen MR) is 68.2 cm³/mol. The van der Waals surface area contributed by atoms with Gasteiger partial charge in [0, 0.05) is 31.8 Å². The van der Waals surface area contributed by atoms with Gasteiger partial charge in [0.1, 0.15) is 0 Å². The normalized spacial score (nSPS) is 20.2. The Balaban J connectivity index is 1.88. The number of aliphatic hydroxyl groups is 1.